The number of hydrogen-bond donors (Lipinski definition) is 1. The molecule has 4 heterocycles. The summed E-state index contributed by atoms with van der Waals surface area (Å²) < 4.78 is 27.2. The molecule has 3 aliphatic rings. The Labute approximate surface area is 186 Å². The largest absolute Gasteiger partial charge is 0.371 e. The number of aromatic nitrogens is 3. The van der Waals surface area contributed by atoms with Gasteiger partial charge in [-0.05, 0) is 55.2 Å². The van der Waals surface area contributed by atoms with Crippen molar-refractivity contribution >= 4 is 11.6 Å². The maximum atomic E-state index is 13.6. The number of hydrogen-bond acceptors (Lipinski definition) is 6. The lowest BCUT2D eigenvalue weighted by Crippen LogP contribution is -2.38. The van der Waals surface area contributed by atoms with Crippen molar-refractivity contribution in [3.05, 3.63) is 46.8 Å². The van der Waals surface area contributed by atoms with E-state index in [1.54, 1.807) is 6.07 Å². The summed E-state index contributed by atoms with van der Waals surface area (Å²) in [6.07, 6.45) is 7.22. The van der Waals surface area contributed by atoms with Gasteiger partial charge in [-0.1, -0.05) is 0 Å². The Kier molecular flexibility index (Phi) is 5.11. The van der Waals surface area contributed by atoms with Crippen LogP contribution in [0.1, 0.15) is 65.9 Å². The summed E-state index contributed by atoms with van der Waals surface area (Å²) in [6.45, 7) is 4.47. The number of nitrogens with two attached hydrogens (primary N) is 1. The fraction of sp³-hybridized carbons (Fsp3) is 0.565. The molecule has 170 valence electrons. The normalized spacial score (nSPS) is 20.3. The number of rotatable bonds is 5. The van der Waals surface area contributed by atoms with E-state index >= 15 is 0 Å². The van der Waals surface area contributed by atoms with Crippen LogP contribution in [0.15, 0.2) is 18.3 Å². The number of nitrogens with zero attached hydrogens (tertiary/aromatic N) is 5. The monoisotopic (exact) mass is 442 g/mol. The summed E-state index contributed by atoms with van der Waals surface area (Å²) in [5.41, 5.74) is 10.1. The van der Waals surface area contributed by atoms with Crippen LogP contribution in [-0.2, 0) is 25.4 Å². The van der Waals surface area contributed by atoms with Crippen LogP contribution in [0.4, 0.5) is 14.5 Å². The van der Waals surface area contributed by atoms with Crippen molar-refractivity contribution in [1.29, 1.82) is 0 Å². The maximum absolute atomic E-state index is 13.6. The van der Waals surface area contributed by atoms with Gasteiger partial charge in [0.1, 0.15) is 5.69 Å². The number of fused-ring (bicyclic) bond motifs is 1. The predicted octanol–water partition coefficient (Wildman–Crippen LogP) is 3.02. The van der Waals surface area contributed by atoms with Gasteiger partial charge in [0.15, 0.2) is 5.82 Å². The van der Waals surface area contributed by atoms with Crippen LogP contribution in [0.5, 0.6) is 0 Å². The van der Waals surface area contributed by atoms with E-state index < -0.39 is 17.7 Å². The second kappa shape index (κ2) is 7.72. The summed E-state index contributed by atoms with van der Waals surface area (Å²) in [4.78, 5) is 28.8. The van der Waals surface area contributed by atoms with E-state index in [1.807, 2.05) is 6.07 Å². The topological polar surface area (TPSA) is 88.2 Å². The molecule has 32 heavy (non-hydrogen) atoms. The molecule has 0 bridgehead atoms. The van der Waals surface area contributed by atoms with Gasteiger partial charge in [-0.25, -0.2) is 15.0 Å². The zero-order valence-corrected chi connectivity index (χ0v) is 18.3. The summed E-state index contributed by atoms with van der Waals surface area (Å²) in [7, 11) is 0. The SMILES string of the molecule is CC(F)(F)c1nccc(CN2CCc3c(N4CCC5(CC4)CC5)cc(C(N)=O)nc3C2)n1. The van der Waals surface area contributed by atoms with Crippen LogP contribution in [0.2, 0.25) is 0 Å². The molecule has 2 fully saturated rings. The van der Waals surface area contributed by atoms with E-state index in [0.717, 1.165) is 44.4 Å². The van der Waals surface area contributed by atoms with E-state index in [0.29, 0.717) is 24.2 Å². The number of anilines is 1. The molecule has 2 N–H and O–H groups in total. The molecule has 2 aliphatic heterocycles. The molecular formula is C23H28F2N6O. The van der Waals surface area contributed by atoms with Gasteiger partial charge >= 0.3 is 5.92 Å². The molecule has 1 saturated heterocycles. The molecule has 2 aromatic rings. The van der Waals surface area contributed by atoms with Crippen molar-refractivity contribution in [2.75, 3.05) is 24.5 Å². The highest BCUT2D eigenvalue weighted by Crippen LogP contribution is 2.54. The van der Waals surface area contributed by atoms with Gasteiger partial charge in [-0.2, -0.15) is 8.78 Å². The Morgan fingerprint density at radius 3 is 2.59 bits per heavy atom. The van der Waals surface area contributed by atoms with Crippen LogP contribution in [0.3, 0.4) is 0 Å². The Morgan fingerprint density at radius 1 is 1.19 bits per heavy atom. The van der Waals surface area contributed by atoms with Crippen molar-refractivity contribution < 1.29 is 13.6 Å². The first-order valence-electron chi connectivity index (χ1n) is 11.2. The standard InChI is InChI=1S/C23H28F2N6O/c1-22(24,25)21-27-8-2-15(28-21)13-30-9-3-16-18(14-30)29-17(20(26)32)12-19(16)31-10-6-23(4-5-23)7-11-31/h2,8,12H,3-7,9-11,13-14H2,1H3,(H2,26,32). The van der Waals surface area contributed by atoms with E-state index in [9.17, 15) is 13.6 Å². The molecule has 0 radical (unpaired) electrons. The van der Waals surface area contributed by atoms with Gasteiger partial charge in [0.2, 0.25) is 0 Å². The van der Waals surface area contributed by atoms with E-state index in [1.165, 1.54) is 37.4 Å². The number of carbonyl (C=O) groups excluding carboxylic acids is 1. The fourth-order valence-corrected chi connectivity index (χ4v) is 4.94. The molecule has 5 rings (SSSR count). The number of amides is 1. The van der Waals surface area contributed by atoms with E-state index in [2.05, 4.69) is 24.8 Å². The average molecular weight is 443 g/mol. The molecule has 0 atom stereocenters. The highest BCUT2D eigenvalue weighted by Gasteiger charge is 2.44. The third kappa shape index (κ3) is 4.18. The number of pyridine rings is 1. The highest BCUT2D eigenvalue weighted by molar-refractivity contribution is 5.92. The van der Waals surface area contributed by atoms with Crippen molar-refractivity contribution in [1.82, 2.24) is 19.9 Å². The van der Waals surface area contributed by atoms with Gasteiger partial charge in [0.05, 0.1) is 11.4 Å². The lowest BCUT2D eigenvalue weighted by Gasteiger charge is -2.37. The second-order valence-corrected chi connectivity index (χ2v) is 9.52. The van der Waals surface area contributed by atoms with Gasteiger partial charge in [0.25, 0.3) is 5.91 Å². The fourth-order valence-electron chi connectivity index (χ4n) is 4.94. The number of alkyl halides is 2. The summed E-state index contributed by atoms with van der Waals surface area (Å²) in [6, 6.07) is 3.51. The Hall–Kier alpha value is -2.68. The molecular weight excluding hydrogens is 414 g/mol. The zero-order chi connectivity index (χ0) is 22.5. The van der Waals surface area contributed by atoms with Gasteiger partial charge in [0, 0.05) is 51.5 Å². The number of carbonyl (C=O) groups is 1. The van der Waals surface area contributed by atoms with Crippen LogP contribution < -0.4 is 10.6 Å². The van der Waals surface area contributed by atoms with Crippen LogP contribution >= 0.6 is 0 Å². The molecule has 0 aromatic carbocycles. The van der Waals surface area contributed by atoms with E-state index in [4.69, 9.17) is 5.73 Å². The first kappa shape index (κ1) is 21.2. The van der Waals surface area contributed by atoms with Crippen LogP contribution in [0.25, 0.3) is 0 Å². The minimum atomic E-state index is -3.08. The Bertz CT molecular complexity index is 1040. The van der Waals surface area contributed by atoms with Gasteiger partial charge in [-0.3, -0.25) is 9.69 Å². The molecule has 1 spiro atoms. The van der Waals surface area contributed by atoms with Gasteiger partial charge < -0.3 is 10.6 Å². The van der Waals surface area contributed by atoms with Crippen molar-refractivity contribution in [2.24, 2.45) is 11.1 Å². The molecule has 1 aliphatic carbocycles. The number of halogens is 2. The summed E-state index contributed by atoms with van der Waals surface area (Å²) in [5.74, 6) is -4.08. The molecule has 2 aromatic heterocycles. The quantitative estimate of drug-likeness (QED) is 0.766. The van der Waals surface area contributed by atoms with Crippen molar-refractivity contribution in [2.45, 2.75) is 58.0 Å². The molecule has 1 amide bonds. The second-order valence-electron chi connectivity index (χ2n) is 9.52. The number of piperidine rings is 1. The number of primary amides is 1. The maximum Gasteiger partial charge on any atom is 0.303 e. The average Bonchev–Trinajstić information content (AvgIpc) is 3.51. The first-order valence-corrected chi connectivity index (χ1v) is 11.2. The first-order chi connectivity index (χ1) is 15.2. The minimum Gasteiger partial charge on any atom is -0.371 e. The van der Waals surface area contributed by atoms with Gasteiger partial charge in [-0.15, -0.1) is 0 Å². The smallest absolute Gasteiger partial charge is 0.303 e. The molecule has 1 saturated carbocycles. The summed E-state index contributed by atoms with van der Waals surface area (Å²) >= 11 is 0. The van der Waals surface area contributed by atoms with Crippen molar-refractivity contribution in [3.63, 3.8) is 0 Å². The lowest BCUT2D eigenvalue weighted by atomic mass is 9.92. The third-order valence-electron chi connectivity index (χ3n) is 7.10. The molecule has 0 unspecified atom stereocenters. The van der Waals surface area contributed by atoms with Crippen LogP contribution in [-0.4, -0.2) is 45.4 Å². The lowest BCUT2D eigenvalue weighted by molar-refractivity contribution is 0.00725. The third-order valence-corrected chi connectivity index (χ3v) is 7.10. The Morgan fingerprint density at radius 2 is 1.94 bits per heavy atom. The predicted molar refractivity (Wildman–Crippen MR) is 115 cm³/mol. The molecule has 9 heteroatoms. The van der Waals surface area contributed by atoms with Crippen molar-refractivity contribution in [3.8, 4) is 0 Å². The zero-order valence-electron chi connectivity index (χ0n) is 18.3. The Balaban J connectivity index is 1.38. The highest BCUT2D eigenvalue weighted by atomic mass is 19.3. The minimum absolute atomic E-state index is 0.280. The summed E-state index contributed by atoms with van der Waals surface area (Å²) in [5, 5.41) is 0. The van der Waals surface area contributed by atoms with E-state index in [-0.39, 0.29) is 5.69 Å². The van der Waals surface area contributed by atoms with Crippen LogP contribution in [0, 0.1) is 5.41 Å². The molecule has 7 nitrogen and oxygen atoms in total.